The zero-order valence-corrected chi connectivity index (χ0v) is 15.4. The van der Waals surface area contributed by atoms with Gasteiger partial charge < -0.3 is 14.8 Å². The van der Waals surface area contributed by atoms with Gasteiger partial charge in [0.15, 0.2) is 16.7 Å². The Labute approximate surface area is 165 Å². The van der Waals surface area contributed by atoms with Gasteiger partial charge in [-0.3, -0.25) is 4.79 Å². The number of rotatable bonds is 5. The number of aromatic nitrogens is 2. The van der Waals surface area contributed by atoms with E-state index in [1.807, 2.05) is 30.3 Å². The molecule has 0 saturated carbocycles. The van der Waals surface area contributed by atoms with Gasteiger partial charge in [-0.25, -0.2) is 9.97 Å². The number of nitrogens with one attached hydrogen (secondary N) is 1. The van der Waals surface area contributed by atoms with E-state index < -0.39 is 0 Å². The van der Waals surface area contributed by atoms with Gasteiger partial charge >= 0.3 is 0 Å². The molecule has 1 amide bonds. The van der Waals surface area contributed by atoms with Gasteiger partial charge in [-0.1, -0.05) is 42.1 Å². The van der Waals surface area contributed by atoms with E-state index in [0.717, 1.165) is 5.56 Å². The van der Waals surface area contributed by atoms with E-state index >= 15 is 0 Å². The molecule has 0 bridgehead atoms. The molecule has 8 heteroatoms. The molecule has 1 aliphatic heterocycles. The molecule has 1 aliphatic rings. The number of carbonyl (C=O) groups is 1. The Morgan fingerprint density at radius 2 is 1.93 bits per heavy atom. The van der Waals surface area contributed by atoms with Crippen LogP contribution in [0.1, 0.15) is 10.4 Å². The van der Waals surface area contributed by atoms with E-state index in [2.05, 4.69) is 21.4 Å². The smallest absolute Gasteiger partial charge is 0.256 e. The minimum atomic E-state index is -0.327. The number of carbonyl (C=O) groups excluding carboxylic acids is 1. The minimum Gasteiger partial charge on any atom is -0.454 e. The summed E-state index contributed by atoms with van der Waals surface area (Å²) in [6, 6.07) is 18.3. The van der Waals surface area contributed by atoms with Crippen LogP contribution in [0, 0.1) is 11.3 Å². The van der Waals surface area contributed by atoms with Crippen molar-refractivity contribution in [3.63, 3.8) is 0 Å². The Hall–Kier alpha value is -3.57. The first kappa shape index (κ1) is 17.8. The number of benzene rings is 2. The standard InChI is InChI=1S/C20H14N4O3S/c21-8-9-28-20-22-15(13-4-2-1-3-5-13)11-18(24-20)23-19(25)14-6-7-16-17(10-14)27-12-26-16/h1-7,10-11H,9,12H2,(H,22,23,24,25). The van der Waals surface area contributed by atoms with Crippen LogP contribution in [0.15, 0.2) is 59.8 Å². The van der Waals surface area contributed by atoms with Crippen molar-refractivity contribution in [1.82, 2.24) is 9.97 Å². The number of nitrogens with zero attached hydrogens (tertiary/aromatic N) is 3. The van der Waals surface area contributed by atoms with Crippen molar-refractivity contribution in [1.29, 1.82) is 5.26 Å². The fourth-order valence-electron chi connectivity index (χ4n) is 2.63. The van der Waals surface area contributed by atoms with Gasteiger partial charge in [0.05, 0.1) is 17.5 Å². The molecule has 3 aromatic rings. The lowest BCUT2D eigenvalue weighted by atomic mass is 10.1. The Bertz CT molecular complexity index is 1070. The molecule has 0 fully saturated rings. The Kier molecular flexibility index (Phi) is 5.08. The lowest BCUT2D eigenvalue weighted by Crippen LogP contribution is -2.13. The van der Waals surface area contributed by atoms with Crippen LogP contribution in [0.25, 0.3) is 11.3 Å². The summed E-state index contributed by atoms with van der Waals surface area (Å²) in [5.41, 5.74) is 1.98. The van der Waals surface area contributed by atoms with E-state index in [1.54, 1.807) is 24.3 Å². The van der Waals surface area contributed by atoms with Crippen molar-refractivity contribution in [3.05, 3.63) is 60.2 Å². The fourth-order valence-corrected chi connectivity index (χ4v) is 3.15. The summed E-state index contributed by atoms with van der Waals surface area (Å²) in [5.74, 6) is 1.39. The predicted octanol–water partition coefficient (Wildman–Crippen LogP) is 3.74. The van der Waals surface area contributed by atoms with Crippen LogP contribution in [0.4, 0.5) is 5.82 Å². The molecule has 2 heterocycles. The molecule has 7 nitrogen and oxygen atoms in total. The van der Waals surface area contributed by atoms with Crippen LogP contribution < -0.4 is 14.8 Å². The Morgan fingerprint density at radius 1 is 1.11 bits per heavy atom. The average Bonchev–Trinajstić information content (AvgIpc) is 3.20. The summed E-state index contributed by atoms with van der Waals surface area (Å²) >= 11 is 1.21. The lowest BCUT2D eigenvalue weighted by molar-refractivity contribution is 0.102. The van der Waals surface area contributed by atoms with Gasteiger partial charge in [0.25, 0.3) is 5.91 Å². The molecule has 4 rings (SSSR count). The summed E-state index contributed by atoms with van der Waals surface area (Å²) in [4.78, 5) is 21.5. The van der Waals surface area contributed by atoms with Crippen molar-refractivity contribution in [2.75, 3.05) is 17.9 Å². The molecule has 28 heavy (non-hydrogen) atoms. The second kappa shape index (κ2) is 7.98. The third-order valence-corrected chi connectivity index (χ3v) is 4.63. The fraction of sp³-hybridized carbons (Fsp3) is 0.100. The number of fused-ring (bicyclic) bond motifs is 1. The maximum atomic E-state index is 12.7. The van der Waals surface area contributed by atoms with E-state index in [4.69, 9.17) is 14.7 Å². The number of hydrogen-bond acceptors (Lipinski definition) is 7. The molecule has 0 unspecified atom stereocenters. The highest BCUT2D eigenvalue weighted by molar-refractivity contribution is 7.99. The largest absolute Gasteiger partial charge is 0.454 e. The predicted molar refractivity (Wildman–Crippen MR) is 104 cm³/mol. The third kappa shape index (κ3) is 3.89. The number of ether oxygens (including phenoxy) is 2. The van der Waals surface area contributed by atoms with Gasteiger partial charge in [0.1, 0.15) is 5.82 Å². The van der Waals surface area contributed by atoms with Crippen molar-refractivity contribution in [3.8, 4) is 28.8 Å². The zero-order valence-electron chi connectivity index (χ0n) is 14.6. The van der Waals surface area contributed by atoms with Crippen LogP contribution in [0.2, 0.25) is 0 Å². The number of anilines is 1. The monoisotopic (exact) mass is 390 g/mol. The topological polar surface area (TPSA) is 97.1 Å². The van der Waals surface area contributed by atoms with Crippen molar-refractivity contribution >= 4 is 23.5 Å². The lowest BCUT2D eigenvalue weighted by Gasteiger charge is -2.09. The molecule has 1 aromatic heterocycles. The minimum absolute atomic E-state index is 0.145. The van der Waals surface area contributed by atoms with Gasteiger partial charge in [0, 0.05) is 17.2 Å². The van der Waals surface area contributed by atoms with Crippen LogP contribution in [-0.4, -0.2) is 28.4 Å². The maximum absolute atomic E-state index is 12.7. The molecule has 0 spiro atoms. The Balaban J connectivity index is 1.62. The Morgan fingerprint density at radius 3 is 2.75 bits per heavy atom. The number of amides is 1. The molecular weight excluding hydrogens is 376 g/mol. The first-order chi connectivity index (χ1) is 13.7. The van der Waals surface area contributed by atoms with Crippen molar-refractivity contribution < 1.29 is 14.3 Å². The SMILES string of the molecule is N#CCSc1nc(NC(=O)c2ccc3c(c2)OCO3)cc(-c2ccccc2)n1. The summed E-state index contributed by atoms with van der Waals surface area (Å²) in [5, 5.41) is 12.0. The molecule has 1 N–H and O–H groups in total. The normalized spacial score (nSPS) is 11.7. The van der Waals surface area contributed by atoms with E-state index in [9.17, 15) is 4.79 Å². The molecule has 2 aromatic carbocycles. The first-order valence-electron chi connectivity index (χ1n) is 8.38. The molecular formula is C20H14N4O3S. The molecule has 0 saturated heterocycles. The maximum Gasteiger partial charge on any atom is 0.256 e. The quantitative estimate of drug-likeness (QED) is 0.523. The average molecular weight is 390 g/mol. The zero-order chi connectivity index (χ0) is 19.3. The van der Waals surface area contributed by atoms with E-state index in [-0.39, 0.29) is 18.5 Å². The third-order valence-electron chi connectivity index (χ3n) is 3.92. The molecule has 0 atom stereocenters. The molecule has 0 radical (unpaired) electrons. The second-order valence-electron chi connectivity index (χ2n) is 5.76. The summed E-state index contributed by atoms with van der Waals surface area (Å²) in [6.45, 7) is 0.145. The summed E-state index contributed by atoms with van der Waals surface area (Å²) in [7, 11) is 0. The van der Waals surface area contributed by atoms with E-state index in [1.165, 1.54) is 11.8 Å². The number of hydrogen-bond donors (Lipinski definition) is 1. The summed E-state index contributed by atoms with van der Waals surface area (Å²) < 4.78 is 10.6. The van der Waals surface area contributed by atoms with Gasteiger partial charge in [-0.2, -0.15) is 5.26 Å². The van der Waals surface area contributed by atoms with Crippen molar-refractivity contribution in [2.24, 2.45) is 0 Å². The van der Waals surface area contributed by atoms with Crippen LogP contribution in [-0.2, 0) is 0 Å². The van der Waals surface area contributed by atoms with Gasteiger partial charge in [0.2, 0.25) is 6.79 Å². The highest BCUT2D eigenvalue weighted by atomic mass is 32.2. The van der Waals surface area contributed by atoms with Crippen LogP contribution in [0.5, 0.6) is 11.5 Å². The highest BCUT2D eigenvalue weighted by Crippen LogP contribution is 2.32. The summed E-state index contributed by atoms with van der Waals surface area (Å²) in [6.07, 6.45) is 0. The van der Waals surface area contributed by atoms with E-state index in [0.29, 0.717) is 33.7 Å². The van der Waals surface area contributed by atoms with Crippen LogP contribution in [0.3, 0.4) is 0 Å². The van der Waals surface area contributed by atoms with Gasteiger partial charge in [-0.15, -0.1) is 0 Å². The number of nitriles is 1. The van der Waals surface area contributed by atoms with Crippen LogP contribution >= 0.6 is 11.8 Å². The molecule has 138 valence electrons. The van der Waals surface area contributed by atoms with Gasteiger partial charge in [-0.05, 0) is 18.2 Å². The highest BCUT2D eigenvalue weighted by Gasteiger charge is 2.17. The number of thioether (sulfide) groups is 1. The molecule has 0 aliphatic carbocycles. The first-order valence-corrected chi connectivity index (χ1v) is 9.37. The second-order valence-corrected chi connectivity index (χ2v) is 6.70. The van der Waals surface area contributed by atoms with Crippen molar-refractivity contribution in [2.45, 2.75) is 5.16 Å².